The van der Waals surface area contributed by atoms with E-state index in [9.17, 15) is 19.8 Å². The lowest BCUT2D eigenvalue weighted by Crippen LogP contribution is -2.52. The molecule has 1 unspecified atom stereocenters. The van der Waals surface area contributed by atoms with Crippen molar-refractivity contribution in [2.45, 2.75) is 25.4 Å². The SMILES string of the molecule is CC(=O)N1CCN(CC2(O)CCN(c3ccccc3)CC2)CC(C(=O)O)C1. The van der Waals surface area contributed by atoms with Crippen molar-refractivity contribution in [3.8, 4) is 0 Å². The van der Waals surface area contributed by atoms with Gasteiger partial charge in [0, 0.05) is 58.4 Å². The van der Waals surface area contributed by atoms with Crippen molar-refractivity contribution in [1.29, 1.82) is 0 Å². The second kappa shape index (κ2) is 8.27. The number of β-amino-alcohol motifs (C(OH)–C–C–N with tert-alkyl or cyclic N) is 1. The fraction of sp³-hybridized carbons (Fsp3) is 0.600. The highest BCUT2D eigenvalue weighted by molar-refractivity contribution is 5.75. The van der Waals surface area contributed by atoms with E-state index < -0.39 is 17.5 Å². The first-order valence-corrected chi connectivity index (χ1v) is 9.59. The molecule has 0 aliphatic carbocycles. The average Bonchev–Trinajstić information content (AvgIpc) is 2.86. The van der Waals surface area contributed by atoms with Gasteiger partial charge < -0.3 is 20.0 Å². The van der Waals surface area contributed by atoms with Gasteiger partial charge in [-0.25, -0.2) is 0 Å². The average molecular weight is 375 g/mol. The highest BCUT2D eigenvalue weighted by atomic mass is 16.4. The van der Waals surface area contributed by atoms with Crippen LogP contribution in [0.4, 0.5) is 5.69 Å². The third-order valence-corrected chi connectivity index (χ3v) is 5.73. The van der Waals surface area contributed by atoms with Gasteiger partial charge in [-0.1, -0.05) is 18.2 Å². The quantitative estimate of drug-likeness (QED) is 0.813. The Kier molecular flexibility index (Phi) is 6.01. The molecule has 0 radical (unpaired) electrons. The molecular formula is C20H29N3O4. The number of anilines is 1. The maximum absolute atomic E-state index is 11.7. The molecule has 2 saturated heterocycles. The number of hydrogen-bond donors (Lipinski definition) is 2. The van der Waals surface area contributed by atoms with E-state index in [1.807, 2.05) is 23.1 Å². The molecule has 2 N–H and O–H groups in total. The largest absolute Gasteiger partial charge is 0.481 e. The van der Waals surface area contributed by atoms with E-state index in [2.05, 4.69) is 17.0 Å². The maximum Gasteiger partial charge on any atom is 0.309 e. The van der Waals surface area contributed by atoms with Crippen LogP contribution in [0.25, 0.3) is 0 Å². The van der Waals surface area contributed by atoms with Crippen molar-refractivity contribution >= 4 is 17.6 Å². The third-order valence-electron chi connectivity index (χ3n) is 5.73. The third kappa shape index (κ3) is 4.99. The van der Waals surface area contributed by atoms with E-state index in [0.29, 0.717) is 39.0 Å². The molecule has 0 aromatic heterocycles. The smallest absolute Gasteiger partial charge is 0.309 e. The van der Waals surface area contributed by atoms with E-state index in [0.717, 1.165) is 18.8 Å². The summed E-state index contributed by atoms with van der Waals surface area (Å²) in [6.45, 7) is 5.17. The number of aliphatic hydroxyl groups is 1. The van der Waals surface area contributed by atoms with Gasteiger partial charge in [-0.15, -0.1) is 0 Å². The standard InChI is InChI=1S/C20H29N3O4/c1-16(24)23-12-11-21(13-17(14-23)19(25)26)15-20(27)7-9-22(10-8-20)18-5-3-2-4-6-18/h2-6,17,27H,7-15H2,1H3,(H,25,26). The number of nitrogens with zero attached hydrogens (tertiary/aromatic N) is 3. The predicted octanol–water partition coefficient (Wildman–Crippen LogP) is 0.883. The van der Waals surface area contributed by atoms with Crippen molar-refractivity contribution in [2.75, 3.05) is 50.7 Å². The number of carboxylic acids is 1. The van der Waals surface area contributed by atoms with Crippen molar-refractivity contribution < 1.29 is 19.8 Å². The Morgan fingerprint density at radius 1 is 1.07 bits per heavy atom. The summed E-state index contributed by atoms with van der Waals surface area (Å²) in [6.07, 6.45) is 1.29. The molecule has 0 bridgehead atoms. The molecule has 2 heterocycles. The molecule has 1 aromatic rings. The van der Waals surface area contributed by atoms with Crippen molar-refractivity contribution in [2.24, 2.45) is 5.92 Å². The number of para-hydroxylation sites is 1. The fourth-order valence-electron chi connectivity index (χ4n) is 4.06. The molecule has 1 amide bonds. The first-order valence-electron chi connectivity index (χ1n) is 9.59. The Hall–Kier alpha value is -2.12. The zero-order chi connectivity index (χ0) is 19.4. The van der Waals surface area contributed by atoms with Crippen molar-refractivity contribution in [3.05, 3.63) is 30.3 Å². The summed E-state index contributed by atoms with van der Waals surface area (Å²) in [5, 5.41) is 20.6. The van der Waals surface area contributed by atoms with Crippen LogP contribution in [0.2, 0.25) is 0 Å². The van der Waals surface area contributed by atoms with Gasteiger partial charge >= 0.3 is 5.97 Å². The van der Waals surface area contributed by atoms with E-state index in [-0.39, 0.29) is 12.5 Å². The Labute approximate surface area is 160 Å². The minimum Gasteiger partial charge on any atom is -0.481 e. The second-order valence-electron chi connectivity index (χ2n) is 7.78. The van der Waals surface area contributed by atoms with E-state index in [1.165, 1.54) is 6.92 Å². The second-order valence-corrected chi connectivity index (χ2v) is 7.78. The first-order chi connectivity index (χ1) is 12.9. The summed E-state index contributed by atoms with van der Waals surface area (Å²) in [5.41, 5.74) is 0.345. The van der Waals surface area contributed by atoms with Crippen LogP contribution in [-0.4, -0.2) is 83.3 Å². The van der Waals surface area contributed by atoms with Gasteiger partial charge in [0.2, 0.25) is 5.91 Å². The molecule has 27 heavy (non-hydrogen) atoms. The van der Waals surface area contributed by atoms with Crippen molar-refractivity contribution in [1.82, 2.24) is 9.80 Å². The molecule has 2 aliphatic rings. The van der Waals surface area contributed by atoms with Crippen LogP contribution in [0.1, 0.15) is 19.8 Å². The van der Waals surface area contributed by atoms with E-state index >= 15 is 0 Å². The maximum atomic E-state index is 11.7. The Morgan fingerprint density at radius 2 is 1.74 bits per heavy atom. The Morgan fingerprint density at radius 3 is 2.33 bits per heavy atom. The normalized spacial score (nSPS) is 23.7. The van der Waals surface area contributed by atoms with Crippen LogP contribution >= 0.6 is 0 Å². The minimum atomic E-state index is -0.890. The molecule has 2 fully saturated rings. The molecule has 148 valence electrons. The number of carboxylic acid groups (broad SMARTS) is 1. The molecule has 3 rings (SSSR count). The van der Waals surface area contributed by atoms with Crippen LogP contribution in [0.5, 0.6) is 0 Å². The highest BCUT2D eigenvalue weighted by Gasteiger charge is 2.37. The molecule has 0 spiro atoms. The van der Waals surface area contributed by atoms with Gasteiger partial charge in [-0.2, -0.15) is 0 Å². The Bertz CT molecular complexity index is 658. The number of benzene rings is 1. The van der Waals surface area contributed by atoms with Crippen LogP contribution in [0.15, 0.2) is 30.3 Å². The van der Waals surface area contributed by atoms with Crippen LogP contribution < -0.4 is 4.90 Å². The lowest BCUT2D eigenvalue weighted by atomic mass is 9.90. The minimum absolute atomic E-state index is 0.0991. The highest BCUT2D eigenvalue weighted by Crippen LogP contribution is 2.27. The van der Waals surface area contributed by atoms with E-state index in [1.54, 1.807) is 4.90 Å². The lowest BCUT2D eigenvalue weighted by Gasteiger charge is -2.41. The molecule has 7 heteroatoms. The molecule has 2 aliphatic heterocycles. The monoisotopic (exact) mass is 375 g/mol. The number of piperidine rings is 1. The zero-order valence-electron chi connectivity index (χ0n) is 15.9. The van der Waals surface area contributed by atoms with Crippen molar-refractivity contribution in [3.63, 3.8) is 0 Å². The Balaban J connectivity index is 1.60. The molecular weight excluding hydrogens is 346 g/mol. The van der Waals surface area contributed by atoms with Gasteiger partial charge in [-0.3, -0.25) is 14.5 Å². The van der Waals surface area contributed by atoms with Crippen LogP contribution in [-0.2, 0) is 9.59 Å². The molecule has 0 saturated carbocycles. The van der Waals surface area contributed by atoms with Gasteiger partial charge in [0.05, 0.1) is 11.5 Å². The van der Waals surface area contributed by atoms with Gasteiger partial charge in [-0.05, 0) is 25.0 Å². The summed E-state index contributed by atoms with van der Waals surface area (Å²) < 4.78 is 0. The number of carbonyl (C=O) groups excluding carboxylic acids is 1. The molecule has 7 nitrogen and oxygen atoms in total. The topological polar surface area (TPSA) is 84.3 Å². The summed E-state index contributed by atoms with van der Waals surface area (Å²) in [7, 11) is 0. The summed E-state index contributed by atoms with van der Waals surface area (Å²) in [4.78, 5) is 29.2. The number of aliphatic carboxylic acids is 1. The van der Waals surface area contributed by atoms with Crippen LogP contribution in [0.3, 0.4) is 0 Å². The fourth-order valence-corrected chi connectivity index (χ4v) is 4.06. The summed E-state index contributed by atoms with van der Waals surface area (Å²) in [6, 6.07) is 10.2. The van der Waals surface area contributed by atoms with Gasteiger partial charge in [0.15, 0.2) is 0 Å². The first kappa shape index (κ1) is 19.6. The number of amides is 1. The molecule has 1 atom stereocenters. The van der Waals surface area contributed by atoms with Gasteiger partial charge in [0.1, 0.15) is 0 Å². The predicted molar refractivity (Wildman–Crippen MR) is 103 cm³/mol. The van der Waals surface area contributed by atoms with Gasteiger partial charge in [0.25, 0.3) is 0 Å². The zero-order valence-corrected chi connectivity index (χ0v) is 15.9. The summed E-state index contributed by atoms with van der Waals surface area (Å²) in [5.74, 6) is -1.61. The lowest BCUT2D eigenvalue weighted by molar-refractivity contribution is -0.143. The summed E-state index contributed by atoms with van der Waals surface area (Å²) >= 11 is 0. The van der Waals surface area contributed by atoms with E-state index in [4.69, 9.17) is 0 Å². The van der Waals surface area contributed by atoms with Crippen LogP contribution in [0, 0.1) is 5.92 Å². The molecule has 1 aromatic carbocycles. The number of hydrogen-bond acceptors (Lipinski definition) is 5. The number of carbonyl (C=O) groups is 2. The number of rotatable bonds is 4.